The van der Waals surface area contributed by atoms with E-state index in [0.29, 0.717) is 5.78 Å². The van der Waals surface area contributed by atoms with E-state index >= 15 is 0 Å². The molecule has 1 aliphatic rings. The van der Waals surface area contributed by atoms with Gasteiger partial charge in [-0.2, -0.15) is 0 Å². The lowest BCUT2D eigenvalue weighted by Gasteiger charge is -2.27. The van der Waals surface area contributed by atoms with Crippen molar-refractivity contribution < 1.29 is 9.53 Å². The highest BCUT2D eigenvalue weighted by atomic mass is 16.5. The Morgan fingerprint density at radius 3 is 2.50 bits per heavy atom. The van der Waals surface area contributed by atoms with Gasteiger partial charge in [0.1, 0.15) is 17.4 Å². The second-order valence-corrected chi connectivity index (χ2v) is 8.10. The Morgan fingerprint density at radius 1 is 1.11 bits per heavy atom. The molecule has 3 aromatic rings. The second-order valence-electron chi connectivity index (χ2n) is 8.10. The van der Waals surface area contributed by atoms with Crippen molar-refractivity contribution in [1.29, 1.82) is 0 Å². The fourth-order valence-corrected chi connectivity index (χ4v) is 4.13. The van der Waals surface area contributed by atoms with Gasteiger partial charge in [0.25, 0.3) is 0 Å². The Labute approximate surface area is 166 Å². The Bertz CT molecular complexity index is 980. The van der Waals surface area contributed by atoms with Crippen molar-refractivity contribution in [3.05, 3.63) is 59.4 Å². The average molecular weight is 377 g/mol. The topological polar surface area (TPSA) is 44.1 Å². The Balaban J connectivity index is 1.48. The lowest BCUT2D eigenvalue weighted by molar-refractivity contribution is -0.122. The number of ketones is 1. The fraction of sp³-hybridized carbons (Fsp3) is 0.417. The minimum Gasteiger partial charge on any atom is -0.490 e. The van der Waals surface area contributed by atoms with Crippen molar-refractivity contribution in [2.45, 2.75) is 52.1 Å². The lowest BCUT2D eigenvalue weighted by atomic mass is 9.85. The number of aromatic nitrogens is 2. The number of nitrogens with zero attached hydrogens (tertiary/aromatic N) is 2. The number of hydrogen-bond acceptors (Lipinski definition) is 3. The summed E-state index contributed by atoms with van der Waals surface area (Å²) in [5, 5.41) is 0. The van der Waals surface area contributed by atoms with Crippen molar-refractivity contribution in [3.63, 3.8) is 0 Å². The summed E-state index contributed by atoms with van der Waals surface area (Å²) in [6.45, 7) is 3.81. The Hall–Kier alpha value is -2.62. The van der Waals surface area contributed by atoms with E-state index in [0.717, 1.165) is 54.7 Å². The first-order valence-corrected chi connectivity index (χ1v) is 10.2. The highest BCUT2D eigenvalue weighted by Gasteiger charge is 2.25. The van der Waals surface area contributed by atoms with Crippen LogP contribution in [0.3, 0.4) is 0 Å². The molecule has 4 heteroatoms. The predicted octanol–water partition coefficient (Wildman–Crippen LogP) is 5.00. The molecule has 0 aliphatic heterocycles. The molecule has 0 unspecified atom stereocenters. The molecule has 0 atom stereocenters. The molecule has 0 N–H and O–H groups in total. The Kier molecular flexibility index (Phi) is 5.21. The average Bonchev–Trinajstić information content (AvgIpc) is 2.99. The van der Waals surface area contributed by atoms with E-state index in [1.165, 1.54) is 11.1 Å². The normalized spacial score (nSPS) is 19.7. The SMILES string of the molecule is Cc1ccc(Cc2nc3cc(O[C@H]4CC[C@@H](C(C)=O)CC4)ccc3n2C)cc1. The first-order chi connectivity index (χ1) is 13.5. The van der Waals surface area contributed by atoms with Crippen LogP contribution in [0.5, 0.6) is 5.75 Å². The zero-order valence-corrected chi connectivity index (χ0v) is 16.9. The van der Waals surface area contributed by atoms with E-state index in [-0.39, 0.29) is 12.0 Å². The molecule has 0 spiro atoms. The molecular formula is C24H28N2O2. The van der Waals surface area contributed by atoms with Gasteiger partial charge in [0.15, 0.2) is 0 Å². The quantitative estimate of drug-likeness (QED) is 0.629. The van der Waals surface area contributed by atoms with E-state index in [9.17, 15) is 4.79 Å². The predicted molar refractivity (Wildman–Crippen MR) is 112 cm³/mol. The molecule has 1 heterocycles. The fourth-order valence-electron chi connectivity index (χ4n) is 4.13. The number of imidazole rings is 1. The summed E-state index contributed by atoms with van der Waals surface area (Å²) in [5.41, 5.74) is 4.63. The molecule has 4 rings (SSSR count). The third kappa shape index (κ3) is 3.96. The zero-order valence-electron chi connectivity index (χ0n) is 16.9. The summed E-state index contributed by atoms with van der Waals surface area (Å²) in [6.07, 6.45) is 4.78. The van der Waals surface area contributed by atoms with Crippen molar-refractivity contribution in [1.82, 2.24) is 9.55 Å². The van der Waals surface area contributed by atoms with Crippen LogP contribution in [-0.4, -0.2) is 21.4 Å². The van der Waals surface area contributed by atoms with Crippen LogP contribution in [-0.2, 0) is 18.3 Å². The van der Waals surface area contributed by atoms with Gasteiger partial charge in [-0.3, -0.25) is 4.79 Å². The molecule has 0 saturated heterocycles. The Morgan fingerprint density at radius 2 is 1.82 bits per heavy atom. The molecule has 0 radical (unpaired) electrons. The zero-order chi connectivity index (χ0) is 19.7. The maximum Gasteiger partial charge on any atom is 0.132 e. The van der Waals surface area contributed by atoms with E-state index in [4.69, 9.17) is 9.72 Å². The molecule has 1 fully saturated rings. The second kappa shape index (κ2) is 7.78. The number of fused-ring (bicyclic) bond motifs is 1. The van der Waals surface area contributed by atoms with Gasteiger partial charge >= 0.3 is 0 Å². The van der Waals surface area contributed by atoms with Crippen molar-refractivity contribution in [3.8, 4) is 5.75 Å². The largest absolute Gasteiger partial charge is 0.490 e. The number of rotatable bonds is 5. The smallest absolute Gasteiger partial charge is 0.132 e. The van der Waals surface area contributed by atoms with Gasteiger partial charge in [-0.1, -0.05) is 29.8 Å². The minimum atomic E-state index is 0.198. The number of benzene rings is 2. The minimum absolute atomic E-state index is 0.198. The van der Waals surface area contributed by atoms with Crippen LogP contribution in [0.25, 0.3) is 11.0 Å². The van der Waals surface area contributed by atoms with Crippen molar-refractivity contribution in [2.75, 3.05) is 0 Å². The monoisotopic (exact) mass is 376 g/mol. The lowest BCUT2D eigenvalue weighted by Crippen LogP contribution is -2.26. The van der Waals surface area contributed by atoms with Gasteiger partial charge in [0.2, 0.25) is 0 Å². The third-order valence-corrected chi connectivity index (χ3v) is 5.98. The number of ether oxygens (including phenoxy) is 1. The van der Waals surface area contributed by atoms with Crippen molar-refractivity contribution >= 4 is 16.8 Å². The number of carbonyl (C=O) groups is 1. The molecule has 1 saturated carbocycles. The van der Waals surface area contributed by atoms with E-state index in [2.05, 4.69) is 48.9 Å². The van der Waals surface area contributed by atoms with Crippen LogP contribution in [0.4, 0.5) is 0 Å². The number of Topliss-reactive ketones (excluding diaryl/α,β-unsaturated/α-hetero) is 1. The number of hydrogen-bond donors (Lipinski definition) is 0. The summed E-state index contributed by atoms with van der Waals surface area (Å²) in [7, 11) is 2.07. The van der Waals surface area contributed by atoms with Crippen molar-refractivity contribution in [2.24, 2.45) is 13.0 Å². The summed E-state index contributed by atoms with van der Waals surface area (Å²) in [6, 6.07) is 14.8. The van der Waals surface area contributed by atoms with Gasteiger partial charge in [-0.25, -0.2) is 4.98 Å². The number of aryl methyl sites for hydroxylation is 2. The first kappa shape index (κ1) is 18.7. The van der Waals surface area contributed by atoms with Crippen LogP contribution in [0.1, 0.15) is 49.6 Å². The van der Waals surface area contributed by atoms with Gasteiger partial charge in [-0.15, -0.1) is 0 Å². The standard InChI is InChI=1S/C24H28N2O2/c1-16-4-6-18(7-5-16)14-24-25-22-15-21(12-13-23(22)26(24)3)28-20-10-8-19(9-11-20)17(2)27/h4-7,12-13,15,19-20H,8-11,14H2,1-3H3/t19-,20+. The van der Waals surface area contributed by atoms with E-state index < -0.39 is 0 Å². The molecule has 1 aromatic heterocycles. The highest BCUT2D eigenvalue weighted by molar-refractivity contribution is 5.78. The van der Waals surface area contributed by atoms with E-state index in [1.54, 1.807) is 6.92 Å². The molecule has 0 amide bonds. The summed E-state index contributed by atoms with van der Waals surface area (Å²) in [4.78, 5) is 16.4. The maximum atomic E-state index is 11.5. The molecule has 28 heavy (non-hydrogen) atoms. The van der Waals surface area contributed by atoms with Crippen LogP contribution >= 0.6 is 0 Å². The molecule has 1 aliphatic carbocycles. The van der Waals surface area contributed by atoms with Crippen LogP contribution in [0.15, 0.2) is 42.5 Å². The molecule has 4 nitrogen and oxygen atoms in total. The van der Waals surface area contributed by atoms with Gasteiger partial charge in [-0.05, 0) is 57.2 Å². The van der Waals surface area contributed by atoms with Crippen LogP contribution in [0.2, 0.25) is 0 Å². The summed E-state index contributed by atoms with van der Waals surface area (Å²) in [5.74, 6) is 2.47. The summed E-state index contributed by atoms with van der Waals surface area (Å²) >= 11 is 0. The first-order valence-electron chi connectivity index (χ1n) is 10.2. The van der Waals surface area contributed by atoms with Crippen LogP contribution in [0, 0.1) is 12.8 Å². The van der Waals surface area contributed by atoms with Gasteiger partial charge < -0.3 is 9.30 Å². The molecule has 2 aromatic carbocycles. The highest BCUT2D eigenvalue weighted by Crippen LogP contribution is 2.29. The van der Waals surface area contributed by atoms with Crippen LogP contribution < -0.4 is 4.74 Å². The van der Waals surface area contributed by atoms with E-state index in [1.807, 2.05) is 12.1 Å². The van der Waals surface area contributed by atoms with Gasteiger partial charge in [0.05, 0.1) is 17.1 Å². The van der Waals surface area contributed by atoms with Gasteiger partial charge in [0, 0.05) is 25.5 Å². The third-order valence-electron chi connectivity index (χ3n) is 5.98. The maximum absolute atomic E-state index is 11.5. The summed E-state index contributed by atoms with van der Waals surface area (Å²) < 4.78 is 8.38. The molecule has 146 valence electrons. The number of carbonyl (C=O) groups excluding carboxylic acids is 1. The molecule has 0 bridgehead atoms. The molecular weight excluding hydrogens is 348 g/mol.